The largest absolute Gasteiger partial charge is 0.383 e. The fraction of sp³-hybridized carbons (Fsp3) is 0.800. The third-order valence-corrected chi connectivity index (χ3v) is 6.41. The van der Waals surface area contributed by atoms with Crippen molar-refractivity contribution in [1.29, 1.82) is 0 Å². The van der Waals surface area contributed by atoms with Crippen LogP contribution in [0.2, 0.25) is 0 Å². The predicted molar refractivity (Wildman–Crippen MR) is 87.2 cm³/mol. The Morgan fingerprint density at radius 3 is 2.96 bits per heavy atom. The van der Waals surface area contributed by atoms with Crippen LogP contribution in [0.4, 0.5) is 0 Å². The molecule has 0 spiro atoms. The second kappa shape index (κ2) is 7.29. The number of aryl methyl sites for hydroxylation is 1. The van der Waals surface area contributed by atoms with Crippen LogP contribution < -0.4 is 4.72 Å². The van der Waals surface area contributed by atoms with Gasteiger partial charge in [0.2, 0.25) is 0 Å². The highest BCUT2D eigenvalue weighted by Crippen LogP contribution is 2.23. The summed E-state index contributed by atoms with van der Waals surface area (Å²) in [4.78, 5) is 0. The number of fused-ring (bicyclic) bond motifs is 1. The lowest BCUT2D eigenvalue weighted by atomic mass is 10.1. The Balaban J connectivity index is 1.66. The molecule has 1 saturated heterocycles. The fourth-order valence-corrected chi connectivity index (χ4v) is 5.01. The van der Waals surface area contributed by atoms with Crippen LogP contribution in [-0.4, -0.2) is 49.2 Å². The van der Waals surface area contributed by atoms with Gasteiger partial charge in [-0.3, -0.25) is 5.10 Å². The van der Waals surface area contributed by atoms with Crippen molar-refractivity contribution in [3.63, 3.8) is 0 Å². The molecule has 2 N–H and O–H groups in total. The lowest BCUT2D eigenvalue weighted by Gasteiger charge is -2.23. The fourth-order valence-electron chi connectivity index (χ4n) is 3.60. The molecule has 0 unspecified atom stereocenters. The van der Waals surface area contributed by atoms with Gasteiger partial charge in [0.25, 0.3) is 10.2 Å². The molecule has 23 heavy (non-hydrogen) atoms. The molecular formula is C15H26N4O3S. The van der Waals surface area contributed by atoms with E-state index in [9.17, 15) is 8.42 Å². The average molecular weight is 342 g/mol. The molecule has 130 valence electrons. The van der Waals surface area contributed by atoms with Gasteiger partial charge in [-0.1, -0.05) is 6.42 Å². The Labute approximate surface area is 138 Å². The molecule has 8 heteroatoms. The molecule has 2 heterocycles. The Morgan fingerprint density at radius 2 is 2.13 bits per heavy atom. The number of rotatable bonds is 6. The van der Waals surface area contributed by atoms with Crippen molar-refractivity contribution in [3.8, 4) is 0 Å². The molecule has 1 aromatic rings. The number of hydrogen-bond donors (Lipinski definition) is 2. The van der Waals surface area contributed by atoms with Gasteiger partial charge in [0.05, 0.1) is 18.8 Å². The number of nitrogens with zero attached hydrogens (tertiary/aromatic N) is 2. The first-order valence-electron chi connectivity index (χ1n) is 8.42. The van der Waals surface area contributed by atoms with E-state index in [0.29, 0.717) is 13.2 Å². The van der Waals surface area contributed by atoms with Gasteiger partial charge in [-0.05, 0) is 44.1 Å². The van der Waals surface area contributed by atoms with E-state index in [-0.39, 0.29) is 12.6 Å². The first-order chi connectivity index (χ1) is 11.1. The lowest BCUT2D eigenvalue weighted by Crippen LogP contribution is -2.44. The Hall–Kier alpha value is -0.960. The lowest BCUT2D eigenvalue weighted by molar-refractivity contribution is 0.148. The van der Waals surface area contributed by atoms with Crippen molar-refractivity contribution in [2.24, 2.45) is 0 Å². The molecule has 0 amide bonds. The molecule has 1 aliphatic heterocycles. The molecule has 7 nitrogen and oxygen atoms in total. The summed E-state index contributed by atoms with van der Waals surface area (Å²) in [5, 5.41) is 7.41. The molecule has 1 atom stereocenters. The molecule has 0 aromatic carbocycles. The van der Waals surface area contributed by atoms with Crippen molar-refractivity contribution < 1.29 is 13.2 Å². The van der Waals surface area contributed by atoms with E-state index >= 15 is 0 Å². The zero-order chi connectivity index (χ0) is 16.3. The summed E-state index contributed by atoms with van der Waals surface area (Å²) < 4.78 is 34.5. The van der Waals surface area contributed by atoms with Crippen LogP contribution >= 0.6 is 0 Å². The molecule has 3 rings (SSSR count). The summed E-state index contributed by atoms with van der Waals surface area (Å²) in [7, 11) is -1.89. The van der Waals surface area contributed by atoms with Crippen LogP contribution in [0.15, 0.2) is 0 Å². The van der Waals surface area contributed by atoms with Crippen molar-refractivity contribution in [2.75, 3.05) is 20.3 Å². The van der Waals surface area contributed by atoms with E-state index in [2.05, 4.69) is 14.9 Å². The Kier molecular flexibility index (Phi) is 5.35. The molecular weight excluding hydrogens is 316 g/mol. The van der Waals surface area contributed by atoms with Crippen LogP contribution in [0.5, 0.6) is 0 Å². The maximum Gasteiger partial charge on any atom is 0.280 e. The first-order valence-corrected chi connectivity index (χ1v) is 9.86. The summed E-state index contributed by atoms with van der Waals surface area (Å²) in [5.74, 6) is 0. The highest BCUT2D eigenvalue weighted by molar-refractivity contribution is 7.87. The van der Waals surface area contributed by atoms with Gasteiger partial charge in [-0.2, -0.15) is 22.5 Å². The summed E-state index contributed by atoms with van der Waals surface area (Å²) in [6.07, 6.45) is 7.27. The average Bonchev–Trinajstić information content (AvgIpc) is 3.07. The minimum Gasteiger partial charge on any atom is -0.383 e. The van der Waals surface area contributed by atoms with Gasteiger partial charge in [0.1, 0.15) is 0 Å². The van der Waals surface area contributed by atoms with Crippen LogP contribution in [0, 0.1) is 0 Å². The number of hydrogen-bond acceptors (Lipinski definition) is 4. The van der Waals surface area contributed by atoms with Crippen LogP contribution in [0.25, 0.3) is 0 Å². The third-order valence-electron chi connectivity index (χ3n) is 4.80. The second-order valence-corrected chi connectivity index (χ2v) is 8.08. The molecule has 0 radical (unpaired) electrons. The quantitative estimate of drug-likeness (QED) is 0.759. The number of H-pyrrole nitrogens is 1. The van der Waals surface area contributed by atoms with Crippen molar-refractivity contribution >= 4 is 10.2 Å². The van der Waals surface area contributed by atoms with E-state index < -0.39 is 10.2 Å². The number of ether oxygens (including phenoxy) is 1. The van der Waals surface area contributed by atoms with Crippen LogP contribution in [0.3, 0.4) is 0 Å². The standard InChI is InChI=1S/C15H26N4O3S/c1-22-11-12-6-5-9-19(12)23(20,21)16-10-15-13-7-3-2-4-8-14(13)17-18-15/h12,16H,2-11H2,1H3,(H,17,18)/t12-/m0/s1. The van der Waals surface area contributed by atoms with E-state index in [1.54, 1.807) is 7.11 Å². The molecule has 0 saturated carbocycles. The number of methoxy groups -OCH3 is 1. The summed E-state index contributed by atoms with van der Waals surface area (Å²) in [5.41, 5.74) is 3.23. The topological polar surface area (TPSA) is 87.3 Å². The monoisotopic (exact) mass is 342 g/mol. The minimum atomic E-state index is -3.49. The minimum absolute atomic E-state index is 0.0613. The van der Waals surface area contributed by atoms with Crippen molar-refractivity contribution in [2.45, 2.75) is 57.5 Å². The summed E-state index contributed by atoms with van der Waals surface area (Å²) in [6.45, 7) is 1.26. The maximum atomic E-state index is 12.6. The predicted octanol–water partition coefficient (Wildman–Crippen LogP) is 1.12. The number of aromatic nitrogens is 2. The van der Waals surface area contributed by atoms with Crippen molar-refractivity contribution in [1.82, 2.24) is 19.2 Å². The van der Waals surface area contributed by atoms with Gasteiger partial charge in [0, 0.05) is 25.4 Å². The molecule has 1 aromatic heterocycles. The Morgan fingerprint density at radius 1 is 1.30 bits per heavy atom. The number of aromatic amines is 1. The van der Waals surface area contributed by atoms with E-state index in [1.807, 2.05) is 0 Å². The second-order valence-electron chi connectivity index (χ2n) is 6.38. The number of nitrogens with one attached hydrogen (secondary N) is 2. The zero-order valence-corrected chi connectivity index (χ0v) is 14.5. The molecule has 1 fully saturated rings. The van der Waals surface area contributed by atoms with Gasteiger partial charge in [-0.15, -0.1) is 0 Å². The zero-order valence-electron chi connectivity index (χ0n) is 13.7. The van der Waals surface area contributed by atoms with Gasteiger partial charge in [-0.25, -0.2) is 0 Å². The normalized spacial score (nSPS) is 22.9. The smallest absolute Gasteiger partial charge is 0.280 e. The van der Waals surface area contributed by atoms with E-state index in [1.165, 1.54) is 28.4 Å². The maximum absolute atomic E-state index is 12.6. The van der Waals surface area contributed by atoms with Crippen LogP contribution in [0.1, 0.15) is 49.1 Å². The van der Waals surface area contributed by atoms with E-state index in [4.69, 9.17) is 4.74 Å². The molecule has 2 aliphatic rings. The highest BCUT2D eigenvalue weighted by Gasteiger charge is 2.34. The highest BCUT2D eigenvalue weighted by atomic mass is 32.2. The van der Waals surface area contributed by atoms with Gasteiger partial charge >= 0.3 is 0 Å². The van der Waals surface area contributed by atoms with E-state index in [0.717, 1.165) is 37.8 Å². The Bertz CT molecular complexity index is 629. The van der Waals surface area contributed by atoms with Crippen molar-refractivity contribution in [3.05, 3.63) is 17.0 Å². The molecule has 1 aliphatic carbocycles. The van der Waals surface area contributed by atoms with Gasteiger partial charge in [0.15, 0.2) is 0 Å². The summed E-state index contributed by atoms with van der Waals surface area (Å²) in [6, 6.07) is -0.0613. The van der Waals surface area contributed by atoms with Gasteiger partial charge < -0.3 is 4.74 Å². The van der Waals surface area contributed by atoms with Crippen LogP contribution in [-0.2, 0) is 34.3 Å². The summed E-state index contributed by atoms with van der Waals surface area (Å²) >= 11 is 0. The third kappa shape index (κ3) is 3.76. The first kappa shape index (κ1) is 16.9. The molecule has 0 bridgehead atoms. The SMILES string of the molecule is COC[C@@H]1CCCN1S(=O)(=O)NCc1n[nH]c2c1CCCCC2.